The van der Waals surface area contributed by atoms with Crippen molar-refractivity contribution in [3.63, 3.8) is 0 Å². The molecule has 0 aliphatic rings. The van der Waals surface area contributed by atoms with Crippen LogP contribution in [0.5, 0.6) is 0 Å². The minimum absolute atomic E-state index is 0.238. The zero-order valence-electron chi connectivity index (χ0n) is 15.3. The Kier molecular flexibility index (Phi) is 4.94. The van der Waals surface area contributed by atoms with Gasteiger partial charge in [-0.25, -0.2) is 4.98 Å². The lowest BCUT2D eigenvalue weighted by Gasteiger charge is -2.07. The molecule has 0 aliphatic carbocycles. The lowest BCUT2D eigenvalue weighted by molar-refractivity contribution is 0.0972. The SMILES string of the molecule is O=C(Cn1c(=O)c(=NO)nc(-c2ccccc2)c2ccccc21)c1cccnc1. The molecule has 0 bridgehead atoms. The number of ketones is 1. The van der Waals surface area contributed by atoms with Gasteiger partial charge < -0.3 is 5.21 Å². The Morgan fingerprint density at radius 1 is 1.00 bits per heavy atom. The van der Waals surface area contributed by atoms with E-state index in [1.54, 1.807) is 30.5 Å². The Morgan fingerprint density at radius 3 is 2.48 bits per heavy atom. The molecular weight excluding hydrogens is 368 g/mol. The van der Waals surface area contributed by atoms with Crippen molar-refractivity contribution >= 4 is 16.7 Å². The molecule has 2 heterocycles. The normalized spacial score (nSPS) is 11.5. The summed E-state index contributed by atoms with van der Waals surface area (Å²) in [6, 6.07) is 19.7. The molecule has 1 N–H and O–H groups in total. The largest absolute Gasteiger partial charge is 0.409 e. The first-order valence-corrected chi connectivity index (χ1v) is 8.89. The maximum absolute atomic E-state index is 13.0. The molecule has 4 aromatic rings. The summed E-state index contributed by atoms with van der Waals surface area (Å²) in [5.74, 6) is -0.290. The molecule has 0 amide bonds. The second kappa shape index (κ2) is 7.85. The van der Waals surface area contributed by atoms with Gasteiger partial charge in [0, 0.05) is 28.9 Å². The van der Waals surface area contributed by atoms with E-state index in [0.29, 0.717) is 22.2 Å². The minimum Gasteiger partial charge on any atom is -0.409 e. The number of fused-ring (bicyclic) bond motifs is 1. The van der Waals surface area contributed by atoms with Crippen molar-refractivity contribution < 1.29 is 10.0 Å². The maximum atomic E-state index is 13.0. The Labute approximate surface area is 165 Å². The van der Waals surface area contributed by atoms with Gasteiger partial charge in [-0.1, -0.05) is 53.7 Å². The first-order valence-electron chi connectivity index (χ1n) is 8.89. The van der Waals surface area contributed by atoms with Gasteiger partial charge in [0.25, 0.3) is 11.0 Å². The van der Waals surface area contributed by atoms with Gasteiger partial charge in [0.05, 0.1) is 17.8 Å². The van der Waals surface area contributed by atoms with Crippen molar-refractivity contribution in [3.05, 3.63) is 101 Å². The third-order valence-electron chi connectivity index (χ3n) is 4.53. The molecule has 2 aromatic carbocycles. The van der Waals surface area contributed by atoms with Crippen LogP contribution >= 0.6 is 0 Å². The summed E-state index contributed by atoms with van der Waals surface area (Å²) in [5, 5.41) is 13.2. The molecule has 0 radical (unpaired) electrons. The summed E-state index contributed by atoms with van der Waals surface area (Å²) in [6.45, 7) is -0.238. The third-order valence-corrected chi connectivity index (χ3v) is 4.53. The van der Waals surface area contributed by atoms with Crippen LogP contribution in [0.4, 0.5) is 0 Å². The number of para-hydroxylation sites is 1. The number of rotatable bonds is 4. The fraction of sp³-hybridized carbons (Fsp3) is 0.0455. The van der Waals surface area contributed by atoms with Crippen LogP contribution in [-0.2, 0) is 6.54 Å². The molecular formula is C22H16N4O3. The number of hydrogen-bond acceptors (Lipinski definition) is 6. The molecule has 2 aromatic heterocycles. The van der Waals surface area contributed by atoms with E-state index in [2.05, 4.69) is 15.1 Å². The summed E-state index contributed by atoms with van der Waals surface area (Å²) >= 11 is 0. The Morgan fingerprint density at radius 2 is 1.76 bits per heavy atom. The van der Waals surface area contributed by atoms with Crippen LogP contribution in [0.2, 0.25) is 0 Å². The zero-order valence-corrected chi connectivity index (χ0v) is 15.3. The number of hydrogen-bond donors (Lipinski definition) is 1. The average molecular weight is 384 g/mol. The maximum Gasteiger partial charge on any atom is 0.299 e. The Hall–Kier alpha value is -4.13. The van der Waals surface area contributed by atoms with Crippen LogP contribution in [0.3, 0.4) is 0 Å². The van der Waals surface area contributed by atoms with Crippen LogP contribution in [0, 0.1) is 0 Å². The highest BCUT2D eigenvalue weighted by atomic mass is 16.4. The number of aromatic nitrogens is 3. The van der Waals surface area contributed by atoms with Gasteiger partial charge in [-0.3, -0.25) is 19.1 Å². The lowest BCUT2D eigenvalue weighted by Crippen LogP contribution is -2.36. The highest BCUT2D eigenvalue weighted by molar-refractivity contribution is 5.97. The molecule has 7 nitrogen and oxygen atoms in total. The number of carbonyl (C=O) groups excluding carboxylic acids is 1. The number of carbonyl (C=O) groups is 1. The zero-order chi connectivity index (χ0) is 20.2. The smallest absolute Gasteiger partial charge is 0.299 e. The van der Waals surface area contributed by atoms with E-state index in [0.717, 1.165) is 5.56 Å². The fourth-order valence-corrected chi connectivity index (χ4v) is 3.15. The molecule has 0 saturated carbocycles. The number of pyridine rings is 1. The molecule has 0 saturated heterocycles. The van der Waals surface area contributed by atoms with E-state index in [1.165, 1.54) is 10.8 Å². The van der Waals surface area contributed by atoms with E-state index in [9.17, 15) is 14.8 Å². The molecule has 0 aliphatic heterocycles. The van der Waals surface area contributed by atoms with Crippen LogP contribution in [0.1, 0.15) is 10.4 Å². The fourth-order valence-electron chi connectivity index (χ4n) is 3.15. The summed E-state index contributed by atoms with van der Waals surface area (Å²) < 4.78 is 1.28. The molecule has 0 unspecified atom stereocenters. The molecule has 0 atom stereocenters. The molecule has 0 fully saturated rings. The quantitative estimate of drug-likeness (QED) is 0.331. The minimum atomic E-state index is -0.664. The van der Waals surface area contributed by atoms with Crippen molar-refractivity contribution in [1.82, 2.24) is 14.5 Å². The van der Waals surface area contributed by atoms with Gasteiger partial charge in [-0.05, 0) is 18.2 Å². The molecule has 7 heteroatoms. The first kappa shape index (κ1) is 18.2. The summed E-state index contributed by atoms with van der Waals surface area (Å²) in [5.41, 5.74) is 1.08. The van der Waals surface area contributed by atoms with Gasteiger partial charge in [0.1, 0.15) is 0 Å². The standard InChI is InChI=1S/C22H16N4O3/c27-19(16-9-6-12-23-13-16)14-26-18-11-5-4-10-17(18)20(15-7-2-1-3-8-15)24-21(25-29)22(26)28/h1-13,29H,14H2. The second-order valence-corrected chi connectivity index (χ2v) is 6.32. The Bertz CT molecular complexity index is 1320. The van der Waals surface area contributed by atoms with E-state index < -0.39 is 5.56 Å². The van der Waals surface area contributed by atoms with Crippen LogP contribution in [0.15, 0.2) is 89.1 Å². The van der Waals surface area contributed by atoms with Crippen LogP contribution < -0.4 is 11.0 Å². The van der Waals surface area contributed by atoms with Gasteiger partial charge in [-0.2, -0.15) is 0 Å². The highest BCUT2D eigenvalue weighted by Crippen LogP contribution is 2.24. The van der Waals surface area contributed by atoms with Gasteiger partial charge >= 0.3 is 0 Å². The van der Waals surface area contributed by atoms with Crippen molar-refractivity contribution in [2.75, 3.05) is 0 Å². The average Bonchev–Trinajstić information content (AvgIpc) is 2.90. The van der Waals surface area contributed by atoms with Crippen molar-refractivity contribution in [3.8, 4) is 11.3 Å². The van der Waals surface area contributed by atoms with Crippen LogP contribution in [-0.4, -0.2) is 25.5 Å². The van der Waals surface area contributed by atoms with Crippen LogP contribution in [0.25, 0.3) is 22.2 Å². The summed E-state index contributed by atoms with van der Waals surface area (Å²) in [7, 11) is 0. The van der Waals surface area contributed by atoms with Gasteiger partial charge in [-0.15, -0.1) is 0 Å². The number of benzene rings is 2. The predicted octanol–water partition coefficient (Wildman–Crippen LogP) is 2.63. The van der Waals surface area contributed by atoms with Crippen molar-refractivity contribution in [2.45, 2.75) is 6.54 Å². The monoisotopic (exact) mass is 384 g/mol. The molecule has 0 spiro atoms. The third kappa shape index (κ3) is 3.53. The number of nitrogens with zero attached hydrogens (tertiary/aromatic N) is 4. The van der Waals surface area contributed by atoms with Crippen molar-refractivity contribution in [1.29, 1.82) is 0 Å². The van der Waals surface area contributed by atoms with E-state index in [4.69, 9.17) is 0 Å². The number of Topliss-reactive ketones (excluding diaryl/α,β-unsaturated/α-hetero) is 1. The lowest BCUT2D eigenvalue weighted by atomic mass is 10.1. The molecule has 29 heavy (non-hydrogen) atoms. The molecule has 142 valence electrons. The summed E-state index contributed by atoms with van der Waals surface area (Å²) in [4.78, 5) is 34.1. The first-order chi connectivity index (χ1) is 14.2. The van der Waals surface area contributed by atoms with E-state index in [1.807, 2.05) is 42.5 Å². The topological polar surface area (TPSA) is 97.4 Å². The van der Waals surface area contributed by atoms with Gasteiger partial charge in [0.15, 0.2) is 5.78 Å². The predicted molar refractivity (Wildman–Crippen MR) is 107 cm³/mol. The summed E-state index contributed by atoms with van der Waals surface area (Å²) in [6.07, 6.45) is 3.02. The van der Waals surface area contributed by atoms with E-state index >= 15 is 0 Å². The van der Waals surface area contributed by atoms with E-state index in [-0.39, 0.29) is 17.8 Å². The second-order valence-electron chi connectivity index (χ2n) is 6.32. The van der Waals surface area contributed by atoms with Crippen molar-refractivity contribution in [2.24, 2.45) is 5.16 Å². The Balaban J connectivity index is 2.02. The molecule has 4 rings (SSSR count). The highest BCUT2D eigenvalue weighted by Gasteiger charge is 2.15. The van der Waals surface area contributed by atoms with Gasteiger partial charge in [0.2, 0.25) is 0 Å².